The monoisotopic (exact) mass is 482 g/mol. The van der Waals surface area contributed by atoms with E-state index in [0.717, 1.165) is 34.6 Å². The molecule has 5 rings (SSSR count). The molecule has 2 atom stereocenters. The molecule has 1 heterocycles. The highest BCUT2D eigenvalue weighted by molar-refractivity contribution is 6.01. The van der Waals surface area contributed by atoms with Crippen molar-refractivity contribution in [2.45, 2.75) is 57.9 Å². The molecule has 186 valence electrons. The summed E-state index contributed by atoms with van der Waals surface area (Å²) >= 11 is 0. The summed E-state index contributed by atoms with van der Waals surface area (Å²) in [5, 5.41) is 17.4. The van der Waals surface area contributed by atoms with Crippen LogP contribution in [0.1, 0.15) is 69.2 Å². The Labute approximate surface area is 213 Å². The van der Waals surface area contributed by atoms with Crippen LogP contribution in [0, 0.1) is 0 Å². The first kappa shape index (κ1) is 24.0. The van der Waals surface area contributed by atoms with Gasteiger partial charge in [0, 0.05) is 17.7 Å². The predicted molar refractivity (Wildman–Crippen MR) is 145 cm³/mol. The van der Waals surface area contributed by atoms with Crippen molar-refractivity contribution < 1.29 is 14.6 Å². The number of fused-ring (bicyclic) bond motifs is 1. The summed E-state index contributed by atoms with van der Waals surface area (Å²) in [5.41, 5.74) is 7.03. The number of hydrogen-bond donors (Lipinski definition) is 3. The Morgan fingerprint density at radius 2 is 1.64 bits per heavy atom. The number of ether oxygens (including phenoxy) is 1. The third-order valence-electron chi connectivity index (χ3n) is 7.17. The Kier molecular flexibility index (Phi) is 6.25. The molecule has 0 amide bonds. The second-order valence-corrected chi connectivity index (χ2v) is 10.7. The molecule has 1 aliphatic carbocycles. The number of nitrogens with one attached hydrogen (secondary N) is 2. The Morgan fingerprint density at radius 1 is 0.944 bits per heavy atom. The first-order valence-corrected chi connectivity index (χ1v) is 12.7. The van der Waals surface area contributed by atoms with Crippen LogP contribution in [0.15, 0.2) is 78.0 Å². The summed E-state index contributed by atoms with van der Waals surface area (Å²) in [4.78, 5) is 13.8. The second-order valence-electron chi connectivity index (χ2n) is 10.7. The van der Waals surface area contributed by atoms with Gasteiger partial charge in [-0.3, -0.25) is 4.79 Å². The number of rotatable bonds is 4. The zero-order chi connectivity index (χ0) is 25.4. The van der Waals surface area contributed by atoms with Crippen LogP contribution in [0.2, 0.25) is 0 Å². The standard InChI is InChI=1S/C31H34N2O3/c1-5-36-28-18-20(12-15-26(28)34)30-29-25(32-23-8-6-7-9-24(23)33-30)16-21(17-27(29)35)19-10-13-22(14-11-19)31(2,3)4/h6-15,18,21,30,32-34H,5,16-17H2,1-4H3. The Balaban J connectivity index is 1.56. The second kappa shape index (κ2) is 9.38. The zero-order valence-corrected chi connectivity index (χ0v) is 21.4. The first-order chi connectivity index (χ1) is 17.2. The van der Waals surface area contributed by atoms with E-state index in [2.05, 4.69) is 55.7 Å². The Morgan fingerprint density at radius 3 is 2.33 bits per heavy atom. The smallest absolute Gasteiger partial charge is 0.163 e. The molecule has 1 aliphatic heterocycles. The average Bonchev–Trinajstić information content (AvgIpc) is 3.02. The third kappa shape index (κ3) is 4.58. The van der Waals surface area contributed by atoms with Crippen LogP contribution in [0.5, 0.6) is 11.5 Å². The maximum absolute atomic E-state index is 13.8. The van der Waals surface area contributed by atoms with Crippen molar-refractivity contribution in [2.75, 3.05) is 17.2 Å². The highest BCUT2D eigenvalue weighted by Gasteiger charge is 2.36. The number of ketones is 1. The lowest BCUT2D eigenvalue weighted by Crippen LogP contribution is -2.27. The minimum Gasteiger partial charge on any atom is -0.504 e. The lowest BCUT2D eigenvalue weighted by Gasteiger charge is -2.30. The molecule has 0 spiro atoms. The van der Waals surface area contributed by atoms with Crippen LogP contribution < -0.4 is 15.4 Å². The molecule has 5 nitrogen and oxygen atoms in total. The summed E-state index contributed by atoms with van der Waals surface area (Å²) in [6.07, 6.45) is 1.21. The van der Waals surface area contributed by atoms with E-state index in [1.807, 2.05) is 43.3 Å². The van der Waals surface area contributed by atoms with Crippen LogP contribution in [0.3, 0.4) is 0 Å². The van der Waals surface area contributed by atoms with Gasteiger partial charge in [-0.25, -0.2) is 0 Å². The molecule has 3 aromatic rings. The van der Waals surface area contributed by atoms with E-state index in [1.54, 1.807) is 6.07 Å². The van der Waals surface area contributed by atoms with E-state index in [4.69, 9.17) is 4.74 Å². The average molecular weight is 483 g/mol. The summed E-state index contributed by atoms with van der Waals surface area (Å²) < 4.78 is 5.65. The number of para-hydroxylation sites is 2. The first-order valence-electron chi connectivity index (χ1n) is 12.7. The zero-order valence-electron chi connectivity index (χ0n) is 21.4. The number of allylic oxidation sites excluding steroid dienone is 1. The quantitative estimate of drug-likeness (QED) is 0.371. The minimum atomic E-state index is -0.354. The molecular formula is C31H34N2O3. The predicted octanol–water partition coefficient (Wildman–Crippen LogP) is 7.07. The van der Waals surface area contributed by atoms with Crippen molar-refractivity contribution in [1.82, 2.24) is 0 Å². The lowest BCUT2D eigenvalue weighted by molar-refractivity contribution is -0.116. The molecule has 0 bridgehead atoms. The van der Waals surface area contributed by atoms with Crippen molar-refractivity contribution >= 4 is 17.2 Å². The van der Waals surface area contributed by atoms with Gasteiger partial charge in [0.2, 0.25) is 0 Å². The highest BCUT2D eigenvalue weighted by Crippen LogP contribution is 2.45. The normalized spacial score (nSPS) is 19.5. The van der Waals surface area contributed by atoms with E-state index < -0.39 is 0 Å². The molecule has 36 heavy (non-hydrogen) atoms. The van der Waals surface area contributed by atoms with Gasteiger partial charge in [0.05, 0.1) is 24.0 Å². The van der Waals surface area contributed by atoms with Gasteiger partial charge in [-0.1, -0.05) is 63.2 Å². The molecule has 0 radical (unpaired) electrons. The summed E-state index contributed by atoms with van der Waals surface area (Å²) in [6.45, 7) is 8.97. The van der Waals surface area contributed by atoms with E-state index in [-0.39, 0.29) is 28.9 Å². The van der Waals surface area contributed by atoms with Crippen molar-refractivity contribution in [3.05, 3.63) is 94.7 Å². The van der Waals surface area contributed by atoms with Crippen LogP contribution in [0.4, 0.5) is 11.4 Å². The topological polar surface area (TPSA) is 70.6 Å². The summed E-state index contributed by atoms with van der Waals surface area (Å²) in [5.74, 6) is 0.757. The molecule has 3 N–H and O–H groups in total. The molecule has 2 unspecified atom stereocenters. The third-order valence-corrected chi connectivity index (χ3v) is 7.17. The number of phenols is 1. The van der Waals surface area contributed by atoms with Crippen molar-refractivity contribution in [2.24, 2.45) is 0 Å². The SMILES string of the molecule is CCOc1cc(C2Nc3ccccc3NC3=C2C(=O)CC(c2ccc(C(C)(C)C)cc2)C3)ccc1O. The molecule has 0 aromatic heterocycles. The number of carbonyl (C=O) groups is 1. The van der Waals surface area contributed by atoms with Gasteiger partial charge >= 0.3 is 0 Å². The fourth-order valence-electron chi connectivity index (χ4n) is 5.21. The minimum absolute atomic E-state index is 0.0898. The highest BCUT2D eigenvalue weighted by atomic mass is 16.5. The fourth-order valence-corrected chi connectivity index (χ4v) is 5.21. The molecule has 3 aromatic carbocycles. The Hall–Kier alpha value is -3.73. The number of carbonyl (C=O) groups excluding carboxylic acids is 1. The van der Waals surface area contributed by atoms with E-state index >= 15 is 0 Å². The maximum Gasteiger partial charge on any atom is 0.163 e. The van der Waals surface area contributed by atoms with Gasteiger partial charge in [0.15, 0.2) is 17.3 Å². The summed E-state index contributed by atoms with van der Waals surface area (Å²) in [6, 6.07) is 21.7. The number of anilines is 2. The molecule has 0 saturated carbocycles. The Bertz CT molecular complexity index is 1320. The number of Topliss-reactive ketones (excluding diaryl/α,β-unsaturated/α-hetero) is 1. The number of phenolic OH excluding ortho intramolecular Hbond substituents is 1. The van der Waals surface area contributed by atoms with Crippen LogP contribution in [-0.4, -0.2) is 17.5 Å². The van der Waals surface area contributed by atoms with E-state index in [0.29, 0.717) is 18.8 Å². The van der Waals surface area contributed by atoms with Gasteiger partial charge in [-0.2, -0.15) is 0 Å². The van der Waals surface area contributed by atoms with E-state index in [1.165, 1.54) is 11.1 Å². The van der Waals surface area contributed by atoms with Crippen LogP contribution in [-0.2, 0) is 10.2 Å². The molecule has 0 fully saturated rings. The number of hydrogen-bond acceptors (Lipinski definition) is 5. The number of aromatic hydroxyl groups is 1. The van der Waals surface area contributed by atoms with Crippen molar-refractivity contribution in [3.8, 4) is 11.5 Å². The molecule has 0 saturated heterocycles. The van der Waals surface area contributed by atoms with Gasteiger partial charge < -0.3 is 20.5 Å². The van der Waals surface area contributed by atoms with Gasteiger partial charge in [0.25, 0.3) is 0 Å². The van der Waals surface area contributed by atoms with Gasteiger partial charge in [0.1, 0.15) is 0 Å². The van der Waals surface area contributed by atoms with E-state index in [9.17, 15) is 9.90 Å². The summed E-state index contributed by atoms with van der Waals surface area (Å²) in [7, 11) is 0. The van der Waals surface area contributed by atoms with Crippen LogP contribution >= 0.6 is 0 Å². The molecule has 2 aliphatic rings. The fraction of sp³-hybridized carbons (Fsp3) is 0.323. The maximum atomic E-state index is 13.8. The largest absolute Gasteiger partial charge is 0.504 e. The van der Waals surface area contributed by atoms with Crippen LogP contribution in [0.25, 0.3) is 0 Å². The van der Waals surface area contributed by atoms with Crippen molar-refractivity contribution in [3.63, 3.8) is 0 Å². The van der Waals surface area contributed by atoms with Crippen molar-refractivity contribution in [1.29, 1.82) is 0 Å². The van der Waals surface area contributed by atoms with Gasteiger partial charge in [-0.05, 0) is 65.6 Å². The molecule has 5 heteroatoms. The van der Waals surface area contributed by atoms with Gasteiger partial charge in [-0.15, -0.1) is 0 Å². The molecular weight excluding hydrogens is 448 g/mol. The number of benzene rings is 3. The lowest BCUT2D eigenvalue weighted by atomic mass is 9.77.